The van der Waals surface area contributed by atoms with Crippen LogP contribution in [0.4, 0.5) is 21.9 Å². The van der Waals surface area contributed by atoms with Crippen LogP contribution in [0.1, 0.15) is 19.3 Å². The van der Waals surface area contributed by atoms with E-state index in [-0.39, 0.29) is 24.6 Å². The van der Waals surface area contributed by atoms with Crippen molar-refractivity contribution in [3.05, 3.63) is 53.0 Å². The van der Waals surface area contributed by atoms with E-state index in [0.717, 1.165) is 73.1 Å². The normalized spacial score (nSPS) is 19.1. The fraction of sp³-hybridized carbons (Fsp3) is 0.531. The highest BCUT2D eigenvalue weighted by molar-refractivity contribution is 9.10. The van der Waals surface area contributed by atoms with Crippen molar-refractivity contribution in [1.82, 2.24) is 9.80 Å². The lowest BCUT2D eigenvalue weighted by Gasteiger charge is -2.40. The fourth-order valence-electron chi connectivity index (χ4n) is 5.89. The number of hydrogen-bond donors (Lipinski definition) is 0. The van der Waals surface area contributed by atoms with E-state index in [1.54, 1.807) is 4.90 Å². The van der Waals surface area contributed by atoms with Gasteiger partial charge in [0.25, 0.3) is 0 Å². The van der Waals surface area contributed by atoms with Crippen molar-refractivity contribution in [2.24, 2.45) is 5.92 Å². The lowest BCUT2D eigenvalue weighted by Crippen LogP contribution is -2.53. The third-order valence-corrected chi connectivity index (χ3v) is 10.9. The summed E-state index contributed by atoms with van der Waals surface area (Å²) >= 11 is 3.48. The topological polar surface area (TPSA) is 76.6 Å². The number of carbonyl (C=O) groups is 3. The first-order valence-corrected chi connectivity index (χ1v) is 19.9. The van der Waals surface area contributed by atoms with Gasteiger partial charge < -0.3 is 19.4 Å². The Hall–Kier alpha value is -2.89. The molecule has 3 fully saturated rings. The Morgan fingerprint density at radius 3 is 2.07 bits per heavy atom. The van der Waals surface area contributed by atoms with E-state index in [4.69, 9.17) is 4.74 Å². The van der Waals surface area contributed by atoms with Gasteiger partial charge in [-0.3, -0.25) is 14.5 Å². The largest absolute Gasteiger partial charge is 0.372 e. The maximum absolute atomic E-state index is 13.2. The first kappa shape index (κ1) is 31.5. The van der Waals surface area contributed by atoms with Crippen LogP contribution in [-0.4, -0.2) is 94.9 Å². The van der Waals surface area contributed by atoms with Gasteiger partial charge >= 0.3 is 6.03 Å². The van der Waals surface area contributed by atoms with Crippen LogP contribution in [-0.2, 0) is 14.3 Å². The van der Waals surface area contributed by atoms with Crippen molar-refractivity contribution in [1.29, 1.82) is 0 Å². The van der Waals surface area contributed by atoms with Gasteiger partial charge in [0.2, 0.25) is 11.8 Å². The number of piperazine rings is 1. The van der Waals surface area contributed by atoms with E-state index < -0.39 is 8.07 Å². The monoisotopic (exact) mass is 669 g/mol. The Morgan fingerprint density at radius 2 is 1.42 bits per heavy atom. The molecular formula is C32H44BrN5O4Si. The standard InChI is InChI=1S/C32H44BrN5O4Si/c1-43(2,3)21-20-42-24-38-30(39)14-17-37(32(38)41)29-10-8-27(9-11-29)34-15-12-25(13-16-34)22-36-19-18-35(23-31(36)40)28-6-4-26(33)5-7-28/h4-11,25H,12-24H2,1-3H3. The van der Waals surface area contributed by atoms with E-state index in [2.05, 4.69) is 69.6 Å². The van der Waals surface area contributed by atoms with Crippen molar-refractivity contribution in [3.8, 4) is 0 Å². The van der Waals surface area contributed by atoms with Crippen LogP contribution in [0.5, 0.6) is 0 Å². The summed E-state index contributed by atoms with van der Waals surface area (Å²) in [5.74, 6) is 0.529. The predicted octanol–water partition coefficient (Wildman–Crippen LogP) is 5.49. The van der Waals surface area contributed by atoms with Gasteiger partial charge in [-0.05, 0) is 73.3 Å². The molecule has 2 aromatic carbocycles. The zero-order chi connectivity index (χ0) is 30.6. The summed E-state index contributed by atoms with van der Waals surface area (Å²) in [7, 11) is -1.24. The van der Waals surface area contributed by atoms with Gasteiger partial charge in [-0.1, -0.05) is 35.6 Å². The Labute approximate surface area is 264 Å². The second-order valence-electron chi connectivity index (χ2n) is 13.0. The van der Waals surface area contributed by atoms with E-state index in [1.807, 2.05) is 29.2 Å². The smallest absolute Gasteiger partial charge is 0.333 e. The zero-order valence-corrected chi connectivity index (χ0v) is 28.2. The highest BCUT2D eigenvalue weighted by Gasteiger charge is 2.33. The highest BCUT2D eigenvalue weighted by atomic mass is 79.9. The molecule has 43 heavy (non-hydrogen) atoms. The van der Waals surface area contributed by atoms with Crippen LogP contribution in [0.25, 0.3) is 0 Å². The summed E-state index contributed by atoms with van der Waals surface area (Å²) in [6.45, 7) is 12.5. The molecule has 0 spiro atoms. The Morgan fingerprint density at radius 1 is 0.791 bits per heavy atom. The molecule has 0 atom stereocenters. The van der Waals surface area contributed by atoms with E-state index in [0.29, 0.717) is 32.0 Å². The van der Waals surface area contributed by atoms with Crippen molar-refractivity contribution in [3.63, 3.8) is 0 Å². The zero-order valence-electron chi connectivity index (χ0n) is 25.6. The number of benzene rings is 2. The summed E-state index contributed by atoms with van der Waals surface area (Å²) < 4.78 is 6.76. The van der Waals surface area contributed by atoms with Crippen molar-refractivity contribution in [2.75, 3.05) is 73.9 Å². The number of urea groups is 1. The second-order valence-corrected chi connectivity index (χ2v) is 19.6. The molecule has 232 valence electrons. The highest BCUT2D eigenvalue weighted by Crippen LogP contribution is 2.29. The minimum absolute atomic E-state index is 0.0120. The minimum Gasteiger partial charge on any atom is -0.372 e. The van der Waals surface area contributed by atoms with Gasteiger partial charge in [0.1, 0.15) is 6.73 Å². The SMILES string of the molecule is C[Si](C)(C)CCOCN1C(=O)CCN(c2ccc(N3CCC(CN4CCN(c5ccc(Br)cc5)CC4=O)CC3)cc2)C1=O. The van der Waals surface area contributed by atoms with Crippen molar-refractivity contribution >= 4 is 58.9 Å². The number of nitrogens with zero attached hydrogens (tertiary/aromatic N) is 5. The number of imide groups is 1. The number of piperidine rings is 1. The molecule has 3 heterocycles. The maximum atomic E-state index is 13.2. The number of amides is 4. The number of anilines is 3. The minimum atomic E-state index is -1.24. The van der Waals surface area contributed by atoms with E-state index >= 15 is 0 Å². The molecule has 0 saturated carbocycles. The molecule has 5 rings (SSSR count). The Balaban J connectivity index is 1.08. The molecule has 0 aliphatic carbocycles. The van der Waals surface area contributed by atoms with Crippen LogP contribution >= 0.6 is 15.9 Å². The molecule has 3 saturated heterocycles. The third-order valence-electron chi connectivity index (χ3n) is 8.66. The Kier molecular flexibility index (Phi) is 10.1. The molecule has 9 nitrogen and oxygen atoms in total. The second kappa shape index (κ2) is 13.8. The first-order valence-electron chi connectivity index (χ1n) is 15.4. The van der Waals surface area contributed by atoms with E-state index in [1.165, 1.54) is 4.90 Å². The average molecular weight is 671 g/mol. The summed E-state index contributed by atoms with van der Waals surface area (Å²) in [4.78, 5) is 48.1. The van der Waals surface area contributed by atoms with Gasteiger partial charge in [0, 0.05) is 81.9 Å². The van der Waals surface area contributed by atoms with Gasteiger partial charge in [-0.25, -0.2) is 9.69 Å². The lowest BCUT2D eigenvalue weighted by atomic mass is 9.95. The third kappa shape index (κ3) is 8.19. The van der Waals surface area contributed by atoms with Gasteiger partial charge in [0.05, 0.1) is 6.54 Å². The molecule has 3 aliphatic heterocycles. The van der Waals surface area contributed by atoms with Crippen molar-refractivity contribution in [2.45, 2.75) is 44.9 Å². The van der Waals surface area contributed by atoms with Crippen LogP contribution < -0.4 is 14.7 Å². The number of halogens is 1. The van der Waals surface area contributed by atoms with Crippen LogP contribution in [0.2, 0.25) is 25.7 Å². The van der Waals surface area contributed by atoms with Crippen molar-refractivity contribution < 1.29 is 19.1 Å². The van der Waals surface area contributed by atoms with Gasteiger partial charge in [-0.2, -0.15) is 0 Å². The van der Waals surface area contributed by atoms with Gasteiger partial charge in [0.15, 0.2) is 0 Å². The van der Waals surface area contributed by atoms with E-state index in [9.17, 15) is 14.4 Å². The molecule has 0 radical (unpaired) electrons. The van der Waals surface area contributed by atoms with Crippen LogP contribution in [0, 0.1) is 5.92 Å². The molecular weight excluding hydrogens is 626 g/mol. The maximum Gasteiger partial charge on any atom is 0.333 e. The summed E-state index contributed by atoms with van der Waals surface area (Å²) in [5, 5.41) is 0. The molecule has 0 N–H and O–H groups in total. The number of ether oxygens (including phenoxy) is 1. The average Bonchev–Trinajstić information content (AvgIpc) is 2.98. The Bertz CT molecular complexity index is 1280. The predicted molar refractivity (Wildman–Crippen MR) is 177 cm³/mol. The molecule has 0 unspecified atom stereocenters. The lowest BCUT2D eigenvalue weighted by molar-refractivity contribution is -0.133. The fourth-order valence-corrected chi connectivity index (χ4v) is 6.92. The number of rotatable bonds is 10. The van der Waals surface area contributed by atoms with Crippen LogP contribution in [0.15, 0.2) is 53.0 Å². The molecule has 0 bridgehead atoms. The van der Waals surface area contributed by atoms with Gasteiger partial charge in [-0.15, -0.1) is 0 Å². The molecule has 3 aliphatic rings. The van der Waals surface area contributed by atoms with Crippen LogP contribution in [0.3, 0.4) is 0 Å². The first-order chi connectivity index (χ1) is 20.6. The molecule has 2 aromatic rings. The molecule has 0 aromatic heterocycles. The molecule has 4 amide bonds. The number of hydrogen-bond acceptors (Lipinski definition) is 6. The molecule has 11 heteroatoms. The summed E-state index contributed by atoms with van der Waals surface area (Å²) in [6.07, 6.45) is 2.38. The summed E-state index contributed by atoms with van der Waals surface area (Å²) in [6, 6.07) is 16.9. The number of carbonyl (C=O) groups excluding carboxylic acids is 3. The quantitative estimate of drug-likeness (QED) is 0.246. The summed E-state index contributed by atoms with van der Waals surface area (Å²) in [5.41, 5.74) is 3.02.